The summed E-state index contributed by atoms with van der Waals surface area (Å²) in [5, 5.41) is 11.7. The van der Waals surface area contributed by atoms with E-state index in [-0.39, 0.29) is 50.8 Å². The molecule has 5 rings (SSSR count). The molecule has 16 nitrogen and oxygen atoms in total. The highest BCUT2D eigenvalue weighted by molar-refractivity contribution is 5.68. The highest BCUT2D eigenvalue weighted by atomic mass is 16.6. The van der Waals surface area contributed by atoms with E-state index in [9.17, 15) is 19.2 Å². The van der Waals surface area contributed by atoms with E-state index in [0.717, 1.165) is 216 Å². The Morgan fingerprint density at radius 2 is 0.488 bits per heavy atom. The average molecular weight is 1130 g/mol. The third-order valence-corrected chi connectivity index (χ3v) is 14.9. The van der Waals surface area contributed by atoms with E-state index in [2.05, 4.69) is 40.9 Å². The van der Waals surface area contributed by atoms with Gasteiger partial charge in [0.05, 0.1) is 0 Å². The van der Waals surface area contributed by atoms with Crippen LogP contribution in [0.5, 0.6) is 0 Å². The molecule has 0 aromatic heterocycles. The molecule has 4 aromatic rings. The van der Waals surface area contributed by atoms with Crippen LogP contribution >= 0.6 is 0 Å². The second-order valence-corrected chi connectivity index (χ2v) is 21.7. The molecule has 0 atom stereocenters. The molecule has 1 fully saturated rings. The molecule has 4 amide bonds. The molecule has 0 saturated carbocycles. The summed E-state index contributed by atoms with van der Waals surface area (Å²) in [6.07, 6.45) is 17.7. The molecule has 452 valence electrons. The Kier molecular flexibility index (Phi) is 36.1. The van der Waals surface area contributed by atoms with Crippen LogP contribution < -0.4 is 21.3 Å². The Morgan fingerprint density at radius 1 is 0.280 bits per heavy atom. The number of alkyl carbamates (subject to hydrolysis) is 4. The maximum absolute atomic E-state index is 12.3. The van der Waals surface area contributed by atoms with Crippen molar-refractivity contribution >= 4 is 24.4 Å². The molecule has 1 aliphatic heterocycles. The Labute approximate surface area is 491 Å². The summed E-state index contributed by atoms with van der Waals surface area (Å²) in [7, 11) is 0. The zero-order valence-corrected chi connectivity index (χ0v) is 49.5. The first-order chi connectivity index (χ1) is 40.4. The summed E-state index contributed by atoms with van der Waals surface area (Å²) in [6, 6.07) is 39.1. The molecule has 4 N–H and O–H groups in total. The van der Waals surface area contributed by atoms with Crippen molar-refractivity contribution in [3.8, 4) is 0 Å². The van der Waals surface area contributed by atoms with Crippen LogP contribution in [-0.4, -0.2) is 149 Å². The van der Waals surface area contributed by atoms with E-state index in [1.165, 1.54) is 0 Å². The number of hydrogen-bond acceptors (Lipinski definition) is 12. The van der Waals surface area contributed by atoms with Gasteiger partial charge in [0.15, 0.2) is 0 Å². The Morgan fingerprint density at radius 3 is 0.707 bits per heavy atom. The number of nitrogens with one attached hydrogen (secondary N) is 4. The van der Waals surface area contributed by atoms with E-state index < -0.39 is 0 Å². The second-order valence-electron chi connectivity index (χ2n) is 21.7. The van der Waals surface area contributed by atoms with Crippen molar-refractivity contribution in [1.82, 2.24) is 40.9 Å². The van der Waals surface area contributed by atoms with Gasteiger partial charge in [0.1, 0.15) is 26.4 Å². The average Bonchev–Trinajstić information content (AvgIpc) is 3.50. The van der Waals surface area contributed by atoms with E-state index in [1.54, 1.807) is 0 Å². The van der Waals surface area contributed by atoms with Crippen molar-refractivity contribution in [2.45, 2.75) is 142 Å². The lowest BCUT2D eigenvalue weighted by atomic mass is 10.1. The molecular weight excluding hydrogens is 1030 g/mol. The number of unbranched alkanes of at least 4 members (excludes halogenated alkanes) is 12. The zero-order chi connectivity index (χ0) is 57.6. The lowest BCUT2D eigenvalue weighted by Crippen LogP contribution is -2.42. The lowest BCUT2D eigenvalue weighted by Gasteiger charge is -2.32. The summed E-state index contributed by atoms with van der Waals surface area (Å²) >= 11 is 0. The number of benzene rings is 4. The van der Waals surface area contributed by atoms with E-state index in [0.29, 0.717) is 26.2 Å². The molecule has 1 aliphatic rings. The molecule has 82 heavy (non-hydrogen) atoms. The number of hydrogen-bond donors (Lipinski definition) is 4. The number of carbonyl (C=O) groups is 4. The highest BCUT2D eigenvalue weighted by Gasteiger charge is 2.16. The Balaban J connectivity index is 1.08. The minimum Gasteiger partial charge on any atom is -0.445 e. The molecule has 0 aliphatic carbocycles. The first-order valence-electron chi connectivity index (χ1n) is 31.1. The topological polar surface area (TPSA) is 166 Å². The van der Waals surface area contributed by atoms with E-state index in [4.69, 9.17) is 18.9 Å². The maximum atomic E-state index is 12.3. The van der Waals surface area contributed by atoms with Crippen LogP contribution in [0.3, 0.4) is 0 Å². The fraction of sp³-hybridized carbons (Fsp3) is 0.576. The van der Waals surface area contributed by atoms with Crippen molar-refractivity contribution in [1.29, 1.82) is 0 Å². The number of nitrogens with zero attached hydrogens (tertiary/aromatic N) is 4. The van der Waals surface area contributed by atoms with Crippen molar-refractivity contribution in [2.75, 3.05) is 105 Å². The number of ether oxygens (including phenoxy) is 4. The summed E-state index contributed by atoms with van der Waals surface area (Å²) in [6.45, 7) is 16.3. The van der Waals surface area contributed by atoms with Gasteiger partial charge in [-0.15, -0.1) is 0 Å². The van der Waals surface area contributed by atoms with Crippen molar-refractivity contribution in [3.63, 3.8) is 0 Å². The van der Waals surface area contributed by atoms with Gasteiger partial charge in [-0.3, -0.25) is 0 Å². The number of carbonyl (C=O) groups excluding carboxylic acids is 4. The zero-order valence-electron chi connectivity index (χ0n) is 49.5. The number of amides is 4. The first-order valence-corrected chi connectivity index (χ1v) is 31.1. The van der Waals surface area contributed by atoms with Gasteiger partial charge in [-0.1, -0.05) is 173 Å². The summed E-state index contributed by atoms with van der Waals surface area (Å²) in [5.41, 5.74) is 3.91. The third kappa shape index (κ3) is 33.7. The molecule has 16 heteroatoms. The Bertz CT molecular complexity index is 1920. The molecule has 4 aromatic carbocycles. The van der Waals surface area contributed by atoms with Gasteiger partial charge in [-0.25, -0.2) is 19.2 Å². The SMILES string of the molecule is O=C(NCCCCCCN1CCCN(CCCCCCNC(=O)OCc2ccccc2)CCN(CCCCCCNC(=O)OCc2ccccc2)CCCN(CCCCCCNC(=O)OCc2ccccc2)CC1)OCc1ccccc1. The van der Waals surface area contributed by atoms with Crippen molar-refractivity contribution in [3.05, 3.63) is 144 Å². The quantitative estimate of drug-likeness (QED) is 0.0252. The van der Waals surface area contributed by atoms with Crippen LogP contribution in [-0.2, 0) is 45.4 Å². The fourth-order valence-corrected chi connectivity index (χ4v) is 10.1. The minimum absolute atomic E-state index is 0.275. The van der Waals surface area contributed by atoms with Gasteiger partial charge in [0.2, 0.25) is 0 Å². The van der Waals surface area contributed by atoms with E-state index >= 15 is 0 Å². The van der Waals surface area contributed by atoms with Gasteiger partial charge in [0, 0.05) is 52.4 Å². The minimum atomic E-state index is -0.363. The summed E-state index contributed by atoms with van der Waals surface area (Å²) in [4.78, 5) is 60.1. The van der Waals surface area contributed by atoms with Gasteiger partial charge < -0.3 is 59.8 Å². The third-order valence-electron chi connectivity index (χ3n) is 14.9. The van der Waals surface area contributed by atoms with Crippen LogP contribution in [0, 0.1) is 0 Å². The van der Waals surface area contributed by atoms with Gasteiger partial charge >= 0.3 is 24.4 Å². The van der Waals surface area contributed by atoms with Gasteiger partial charge in [-0.2, -0.15) is 0 Å². The summed E-state index contributed by atoms with van der Waals surface area (Å²) in [5.74, 6) is 0. The molecule has 0 spiro atoms. The lowest BCUT2D eigenvalue weighted by molar-refractivity contribution is 0.138. The largest absolute Gasteiger partial charge is 0.445 e. The molecule has 1 saturated heterocycles. The van der Waals surface area contributed by atoms with Crippen LogP contribution in [0.25, 0.3) is 0 Å². The molecule has 0 bridgehead atoms. The molecule has 0 radical (unpaired) electrons. The van der Waals surface area contributed by atoms with Crippen molar-refractivity contribution in [2.24, 2.45) is 0 Å². The van der Waals surface area contributed by atoms with Crippen LogP contribution in [0.4, 0.5) is 19.2 Å². The Hall–Kier alpha value is -6.20. The maximum Gasteiger partial charge on any atom is 0.407 e. The molecule has 1 heterocycles. The van der Waals surface area contributed by atoms with Crippen LogP contribution in [0.2, 0.25) is 0 Å². The number of rotatable bonds is 36. The van der Waals surface area contributed by atoms with Crippen LogP contribution in [0.15, 0.2) is 121 Å². The van der Waals surface area contributed by atoms with Crippen molar-refractivity contribution < 1.29 is 38.1 Å². The fourth-order valence-electron chi connectivity index (χ4n) is 10.1. The van der Waals surface area contributed by atoms with Gasteiger partial charge in [-0.05, 0) is 139 Å². The predicted molar refractivity (Wildman–Crippen MR) is 327 cm³/mol. The van der Waals surface area contributed by atoms with E-state index in [1.807, 2.05) is 121 Å². The molecule has 0 unspecified atom stereocenters. The normalized spacial score (nSPS) is 14.2. The summed E-state index contributed by atoms with van der Waals surface area (Å²) < 4.78 is 21.6. The predicted octanol–water partition coefficient (Wildman–Crippen LogP) is 11.9. The second kappa shape index (κ2) is 44.4. The first kappa shape index (κ1) is 66.6. The molecular formula is C66H100N8O8. The standard InChI is InChI=1S/C66H100N8O8/c75-63(79-55-59-31-13-9-14-32-59)67-39-21-1-5-25-43-71-47-29-48-73(45-27-7-3-23-41-69-65(77)81-57-61-35-17-11-18-36-61)53-54-74(46-28-8-4-24-42-70-66(78)82-58-62-37-19-12-20-38-62)50-30-49-72(52-51-71)44-26-6-2-22-40-68-64(76)80-56-60-33-15-10-16-34-60/h9-20,31-38H,1-8,21-30,39-58H2,(H,67,75)(H,68,76)(H,69,77)(H,70,78). The monoisotopic (exact) mass is 1130 g/mol. The smallest absolute Gasteiger partial charge is 0.407 e. The van der Waals surface area contributed by atoms with Crippen LogP contribution in [0.1, 0.15) is 138 Å². The highest BCUT2D eigenvalue weighted by Crippen LogP contribution is 2.12. The van der Waals surface area contributed by atoms with Gasteiger partial charge in [0.25, 0.3) is 0 Å².